The molecular formula is C24H26N2O4S. The minimum absolute atomic E-state index is 0.140. The molecule has 0 aromatic heterocycles. The van der Waals surface area contributed by atoms with Gasteiger partial charge in [0.1, 0.15) is 18.9 Å². The lowest BCUT2D eigenvalue weighted by Gasteiger charge is -2.26. The van der Waals surface area contributed by atoms with E-state index in [1.165, 1.54) is 16.4 Å². The fourth-order valence-corrected chi connectivity index (χ4v) is 4.61. The second-order valence-corrected chi connectivity index (χ2v) is 8.68. The van der Waals surface area contributed by atoms with Gasteiger partial charge in [-0.05, 0) is 42.3 Å². The smallest absolute Gasteiger partial charge is 0.264 e. The third kappa shape index (κ3) is 5.86. The molecule has 7 heteroatoms. The van der Waals surface area contributed by atoms with E-state index >= 15 is 0 Å². The van der Waals surface area contributed by atoms with Crippen LogP contribution in [0.15, 0.2) is 89.8 Å². The van der Waals surface area contributed by atoms with Gasteiger partial charge in [0.05, 0.1) is 17.1 Å². The second-order valence-electron chi connectivity index (χ2n) is 6.82. The molecule has 31 heavy (non-hydrogen) atoms. The van der Waals surface area contributed by atoms with Crippen LogP contribution in [0.25, 0.3) is 0 Å². The Bertz CT molecular complexity index is 1090. The molecule has 1 N–H and O–H groups in total. The summed E-state index contributed by atoms with van der Waals surface area (Å²) in [6.45, 7) is 2.18. The summed E-state index contributed by atoms with van der Waals surface area (Å²) in [5.41, 5.74) is 1.35. The van der Waals surface area contributed by atoms with Crippen LogP contribution >= 0.6 is 0 Å². The van der Waals surface area contributed by atoms with Gasteiger partial charge in [0, 0.05) is 0 Å². The number of benzene rings is 3. The van der Waals surface area contributed by atoms with Crippen molar-refractivity contribution in [2.24, 2.45) is 0 Å². The van der Waals surface area contributed by atoms with E-state index in [-0.39, 0.29) is 24.6 Å². The van der Waals surface area contributed by atoms with Crippen molar-refractivity contribution in [2.45, 2.75) is 18.2 Å². The summed E-state index contributed by atoms with van der Waals surface area (Å²) in [5, 5.41) is 2.74. The molecule has 0 saturated heterocycles. The Morgan fingerprint density at radius 2 is 1.52 bits per heavy atom. The van der Waals surface area contributed by atoms with Gasteiger partial charge in [0.25, 0.3) is 10.0 Å². The Kier molecular flexibility index (Phi) is 7.67. The highest BCUT2D eigenvalue weighted by Crippen LogP contribution is 2.27. The van der Waals surface area contributed by atoms with Crippen molar-refractivity contribution in [1.82, 2.24) is 5.32 Å². The molecule has 0 atom stereocenters. The molecule has 3 rings (SSSR count). The van der Waals surface area contributed by atoms with Crippen molar-refractivity contribution in [3.63, 3.8) is 0 Å². The van der Waals surface area contributed by atoms with Crippen LogP contribution in [0.4, 0.5) is 5.69 Å². The van der Waals surface area contributed by atoms with Gasteiger partial charge in [0.2, 0.25) is 5.91 Å². The van der Waals surface area contributed by atoms with E-state index < -0.39 is 15.9 Å². The van der Waals surface area contributed by atoms with Crippen LogP contribution in [0.2, 0.25) is 0 Å². The van der Waals surface area contributed by atoms with Crippen LogP contribution in [0, 0.1) is 0 Å². The molecule has 3 aromatic carbocycles. The number of rotatable bonds is 10. The van der Waals surface area contributed by atoms with E-state index in [4.69, 9.17) is 4.74 Å². The Morgan fingerprint density at radius 1 is 0.903 bits per heavy atom. The first kappa shape index (κ1) is 22.4. The zero-order chi connectivity index (χ0) is 22.1. The molecule has 1 amide bonds. The summed E-state index contributed by atoms with van der Waals surface area (Å²) < 4.78 is 33.5. The Hall–Kier alpha value is -3.32. The fraction of sp³-hybridized carbons (Fsp3) is 0.208. The van der Waals surface area contributed by atoms with Crippen LogP contribution in [-0.4, -0.2) is 34.0 Å². The summed E-state index contributed by atoms with van der Waals surface area (Å²) in [6.07, 6.45) is 0.642. The van der Waals surface area contributed by atoms with Crippen molar-refractivity contribution in [1.29, 1.82) is 0 Å². The van der Waals surface area contributed by atoms with E-state index in [2.05, 4.69) is 5.32 Å². The van der Waals surface area contributed by atoms with Crippen molar-refractivity contribution in [2.75, 3.05) is 24.0 Å². The maximum absolute atomic E-state index is 13.4. The quantitative estimate of drug-likeness (QED) is 0.491. The normalized spacial score (nSPS) is 11.0. The number of carbonyl (C=O) groups is 1. The molecule has 6 nitrogen and oxygen atoms in total. The molecule has 0 fully saturated rings. The Morgan fingerprint density at radius 3 is 2.19 bits per heavy atom. The monoisotopic (exact) mass is 438 g/mol. The first-order valence-electron chi connectivity index (χ1n) is 10.1. The van der Waals surface area contributed by atoms with Crippen LogP contribution in [0.3, 0.4) is 0 Å². The van der Waals surface area contributed by atoms with Crippen molar-refractivity contribution in [3.05, 3.63) is 90.5 Å². The maximum atomic E-state index is 13.4. The lowest BCUT2D eigenvalue weighted by molar-refractivity contribution is -0.119. The molecule has 3 aromatic rings. The standard InChI is InChI=1S/C24H26N2O4S/c1-2-20-11-9-10-16-23(20)26(31(28,29)22-14-7-4-8-15-22)19-24(27)25-17-18-30-21-12-5-3-6-13-21/h3-16H,2,17-19H2,1H3,(H,25,27). The van der Waals surface area contributed by atoms with Gasteiger partial charge in [-0.1, -0.05) is 61.5 Å². The first-order chi connectivity index (χ1) is 15.0. The van der Waals surface area contributed by atoms with E-state index in [1.54, 1.807) is 30.3 Å². The number of para-hydroxylation sites is 2. The minimum Gasteiger partial charge on any atom is -0.492 e. The van der Waals surface area contributed by atoms with E-state index in [9.17, 15) is 13.2 Å². The molecule has 0 aliphatic rings. The molecule has 0 radical (unpaired) electrons. The highest BCUT2D eigenvalue weighted by atomic mass is 32.2. The minimum atomic E-state index is -3.91. The maximum Gasteiger partial charge on any atom is 0.264 e. The van der Waals surface area contributed by atoms with Gasteiger partial charge in [-0.25, -0.2) is 8.42 Å². The highest BCUT2D eigenvalue weighted by molar-refractivity contribution is 7.92. The van der Waals surface area contributed by atoms with Gasteiger partial charge in [-0.3, -0.25) is 9.10 Å². The third-order valence-electron chi connectivity index (χ3n) is 4.70. The Labute approximate surface area is 183 Å². The summed E-state index contributed by atoms with van der Waals surface area (Å²) >= 11 is 0. The molecular weight excluding hydrogens is 412 g/mol. The number of hydrogen-bond donors (Lipinski definition) is 1. The molecule has 0 aliphatic carbocycles. The van der Waals surface area contributed by atoms with E-state index in [0.29, 0.717) is 17.9 Å². The summed E-state index contributed by atoms with van der Waals surface area (Å²) in [5.74, 6) is 0.309. The molecule has 0 saturated carbocycles. The summed E-state index contributed by atoms with van der Waals surface area (Å²) in [6, 6.07) is 24.7. The third-order valence-corrected chi connectivity index (χ3v) is 6.47. The number of carbonyl (C=O) groups excluding carboxylic acids is 1. The van der Waals surface area contributed by atoms with Gasteiger partial charge in [-0.15, -0.1) is 0 Å². The number of ether oxygens (including phenoxy) is 1. The van der Waals surface area contributed by atoms with Gasteiger partial charge in [-0.2, -0.15) is 0 Å². The largest absolute Gasteiger partial charge is 0.492 e. The zero-order valence-electron chi connectivity index (χ0n) is 17.4. The molecule has 0 bridgehead atoms. The van der Waals surface area contributed by atoms with Crippen LogP contribution < -0.4 is 14.4 Å². The van der Waals surface area contributed by atoms with Crippen LogP contribution in [-0.2, 0) is 21.2 Å². The lowest BCUT2D eigenvalue weighted by Crippen LogP contribution is -2.42. The predicted octanol–water partition coefficient (Wildman–Crippen LogP) is 3.64. The first-order valence-corrected chi connectivity index (χ1v) is 11.6. The molecule has 0 aliphatic heterocycles. The zero-order valence-corrected chi connectivity index (χ0v) is 18.2. The summed E-state index contributed by atoms with van der Waals surface area (Å²) in [4.78, 5) is 12.8. The number of anilines is 1. The van der Waals surface area contributed by atoms with E-state index in [1.807, 2.05) is 49.4 Å². The summed E-state index contributed by atoms with van der Waals surface area (Å²) in [7, 11) is -3.91. The number of nitrogens with one attached hydrogen (secondary N) is 1. The number of sulfonamides is 1. The number of nitrogens with zero attached hydrogens (tertiary/aromatic N) is 1. The Balaban J connectivity index is 1.75. The lowest BCUT2D eigenvalue weighted by atomic mass is 10.1. The van der Waals surface area contributed by atoms with Crippen LogP contribution in [0.1, 0.15) is 12.5 Å². The van der Waals surface area contributed by atoms with Crippen molar-refractivity contribution >= 4 is 21.6 Å². The number of aryl methyl sites for hydroxylation is 1. The highest BCUT2D eigenvalue weighted by Gasteiger charge is 2.28. The van der Waals surface area contributed by atoms with Gasteiger partial charge >= 0.3 is 0 Å². The van der Waals surface area contributed by atoms with Crippen LogP contribution in [0.5, 0.6) is 5.75 Å². The average Bonchev–Trinajstić information content (AvgIpc) is 2.81. The molecule has 0 spiro atoms. The topological polar surface area (TPSA) is 75.7 Å². The van der Waals surface area contributed by atoms with Gasteiger partial charge in [0.15, 0.2) is 0 Å². The fourth-order valence-electron chi connectivity index (χ4n) is 3.13. The average molecular weight is 439 g/mol. The predicted molar refractivity (Wildman–Crippen MR) is 122 cm³/mol. The van der Waals surface area contributed by atoms with Crippen molar-refractivity contribution in [3.8, 4) is 5.75 Å². The van der Waals surface area contributed by atoms with E-state index in [0.717, 1.165) is 5.56 Å². The van der Waals surface area contributed by atoms with Crippen molar-refractivity contribution < 1.29 is 17.9 Å². The molecule has 162 valence electrons. The number of amides is 1. The molecule has 0 unspecified atom stereocenters. The SMILES string of the molecule is CCc1ccccc1N(CC(=O)NCCOc1ccccc1)S(=O)(=O)c1ccccc1. The van der Waals surface area contributed by atoms with Gasteiger partial charge < -0.3 is 10.1 Å². The number of hydrogen-bond acceptors (Lipinski definition) is 4. The molecule has 0 heterocycles. The second kappa shape index (κ2) is 10.6.